The zero-order chi connectivity index (χ0) is 22.6. The first-order valence-electron chi connectivity index (χ1n) is 10.3. The predicted octanol–water partition coefficient (Wildman–Crippen LogP) is 3.20. The second-order valence-electron chi connectivity index (χ2n) is 8.14. The van der Waals surface area contributed by atoms with Gasteiger partial charge in [0, 0.05) is 32.0 Å². The van der Waals surface area contributed by atoms with E-state index in [0.717, 1.165) is 6.07 Å². The maximum absolute atomic E-state index is 13.1. The van der Waals surface area contributed by atoms with Crippen molar-refractivity contribution in [1.82, 2.24) is 20.3 Å². The third kappa shape index (κ3) is 6.05. The molecule has 1 amide bonds. The van der Waals surface area contributed by atoms with Gasteiger partial charge in [-0.05, 0) is 30.4 Å². The number of nitrogens with one attached hydrogen (secondary N) is 1. The molecule has 1 aromatic carbocycles. The van der Waals surface area contributed by atoms with E-state index in [1.165, 1.54) is 18.2 Å². The van der Waals surface area contributed by atoms with Gasteiger partial charge in [0.2, 0.25) is 17.8 Å². The summed E-state index contributed by atoms with van der Waals surface area (Å²) in [4.78, 5) is 27.4. The van der Waals surface area contributed by atoms with Crippen LogP contribution in [-0.2, 0) is 23.9 Å². The molecule has 0 aliphatic carbocycles. The lowest BCUT2D eigenvalue weighted by Crippen LogP contribution is -2.41. The molecule has 2 heterocycles. The fourth-order valence-electron chi connectivity index (χ4n) is 3.64. The van der Waals surface area contributed by atoms with E-state index in [-0.39, 0.29) is 29.9 Å². The van der Waals surface area contributed by atoms with Crippen LogP contribution in [-0.4, -0.2) is 33.9 Å². The molecule has 0 bridgehead atoms. The van der Waals surface area contributed by atoms with Crippen LogP contribution in [0, 0.1) is 11.8 Å². The van der Waals surface area contributed by atoms with Gasteiger partial charge in [-0.25, -0.2) is 0 Å². The number of halogens is 3. The summed E-state index contributed by atoms with van der Waals surface area (Å²) in [6, 6.07) is 5.27. The van der Waals surface area contributed by atoms with Crippen molar-refractivity contribution in [3.63, 3.8) is 0 Å². The van der Waals surface area contributed by atoms with Crippen LogP contribution in [0.4, 0.5) is 25.1 Å². The van der Waals surface area contributed by atoms with Gasteiger partial charge in [0.25, 0.3) is 0 Å². The molecule has 10 heteroatoms. The first-order chi connectivity index (χ1) is 14.6. The molecule has 2 aromatic rings. The standard InChI is InChI=1S/C21H27F3N6O/c1-13(2)11-17-27-19(25)29-20(28-17)30-9-7-14(8-10-30)18(31)26-12-15-5-3-4-6-16(15)21(22,23)24/h3-6,13-14H,7-12H2,1-2H3,(H,26,31)(H2,25,27,28,29). The van der Waals surface area contributed by atoms with Gasteiger partial charge < -0.3 is 16.0 Å². The molecule has 0 unspecified atom stereocenters. The number of nitrogens with two attached hydrogens (primary N) is 1. The van der Waals surface area contributed by atoms with Gasteiger partial charge in [-0.3, -0.25) is 4.79 Å². The van der Waals surface area contributed by atoms with E-state index in [9.17, 15) is 18.0 Å². The average Bonchev–Trinajstić information content (AvgIpc) is 2.70. The molecule has 1 saturated heterocycles. The number of benzene rings is 1. The molecule has 0 atom stereocenters. The van der Waals surface area contributed by atoms with E-state index in [2.05, 4.69) is 34.1 Å². The molecule has 31 heavy (non-hydrogen) atoms. The summed E-state index contributed by atoms with van der Waals surface area (Å²) < 4.78 is 39.3. The zero-order valence-electron chi connectivity index (χ0n) is 17.6. The first-order valence-corrected chi connectivity index (χ1v) is 10.3. The lowest BCUT2D eigenvalue weighted by molar-refractivity contribution is -0.138. The van der Waals surface area contributed by atoms with Crippen LogP contribution in [0.3, 0.4) is 0 Å². The minimum Gasteiger partial charge on any atom is -0.368 e. The highest BCUT2D eigenvalue weighted by Crippen LogP contribution is 2.32. The van der Waals surface area contributed by atoms with Crippen molar-refractivity contribution in [3.8, 4) is 0 Å². The lowest BCUT2D eigenvalue weighted by atomic mass is 9.96. The van der Waals surface area contributed by atoms with Crippen molar-refractivity contribution >= 4 is 17.8 Å². The SMILES string of the molecule is CC(C)Cc1nc(N)nc(N2CCC(C(=O)NCc3ccccc3C(F)(F)F)CC2)n1. The number of piperidine rings is 1. The normalized spacial score (nSPS) is 15.4. The van der Waals surface area contributed by atoms with Crippen molar-refractivity contribution in [3.05, 3.63) is 41.2 Å². The van der Waals surface area contributed by atoms with E-state index in [1.807, 2.05) is 4.90 Å². The molecule has 0 saturated carbocycles. The van der Waals surface area contributed by atoms with Crippen LogP contribution in [0.2, 0.25) is 0 Å². The topological polar surface area (TPSA) is 97.0 Å². The first kappa shape index (κ1) is 22.8. The summed E-state index contributed by atoms with van der Waals surface area (Å²) in [5.41, 5.74) is 5.15. The summed E-state index contributed by atoms with van der Waals surface area (Å²) in [5.74, 6) is 1.17. The lowest BCUT2D eigenvalue weighted by Gasteiger charge is -2.31. The monoisotopic (exact) mass is 436 g/mol. The third-order valence-corrected chi connectivity index (χ3v) is 5.20. The number of nitrogens with zero attached hydrogens (tertiary/aromatic N) is 4. The highest BCUT2D eigenvalue weighted by Gasteiger charge is 2.33. The minimum absolute atomic E-state index is 0.0547. The van der Waals surface area contributed by atoms with E-state index >= 15 is 0 Å². The largest absolute Gasteiger partial charge is 0.416 e. The third-order valence-electron chi connectivity index (χ3n) is 5.20. The van der Waals surface area contributed by atoms with E-state index in [1.54, 1.807) is 0 Å². The summed E-state index contributed by atoms with van der Waals surface area (Å²) in [6.45, 7) is 5.09. The Balaban J connectivity index is 1.57. The second-order valence-corrected chi connectivity index (χ2v) is 8.14. The van der Waals surface area contributed by atoms with E-state index in [0.29, 0.717) is 50.0 Å². The number of nitrogen functional groups attached to an aromatic ring is 1. The number of hydrogen-bond donors (Lipinski definition) is 2. The van der Waals surface area contributed by atoms with Crippen molar-refractivity contribution in [2.24, 2.45) is 11.8 Å². The summed E-state index contributed by atoms with van der Waals surface area (Å²) in [5, 5.41) is 2.66. The highest BCUT2D eigenvalue weighted by molar-refractivity contribution is 5.79. The Morgan fingerprint density at radius 3 is 2.52 bits per heavy atom. The number of amides is 1. The van der Waals surface area contributed by atoms with Crippen LogP contribution in [0.25, 0.3) is 0 Å². The molecule has 7 nitrogen and oxygen atoms in total. The Hall–Kier alpha value is -2.91. The van der Waals surface area contributed by atoms with E-state index in [4.69, 9.17) is 5.73 Å². The predicted molar refractivity (Wildman–Crippen MR) is 111 cm³/mol. The smallest absolute Gasteiger partial charge is 0.368 e. The molecule has 168 valence electrons. The molecule has 0 radical (unpaired) electrons. The van der Waals surface area contributed by atoms with Gasteiger partial charge in [0.05, 0.1) is 5.56 Å². The van der Waals surface area contributed by atoms with Gasteiger partial charge in [-0.1, -0.05) is 32.0 Å². The molecular formula is C21H27F3N6O. The van der Waals surface area contributed by atoms with Gasteiger partial charge in [-0.15, -0.1) is 0 Å². The van der Waals surface area contributed by atoms with Gasteiger partial charge in [0.15, 0.2) is 0 Å². The quantitative estimate of drug-likeness (QED) is 0.722. The average molecular weight is 436 g/mol. The molecule has 1 aliphatic rings. The zero-order valence-corrected chi connectivity index (χ0v) is 17.6. The minimum atomic E-state index is -4.45. The van der Waals surface area contributed by atoms with Crippen LogP contribution < -0.4 is 16.0 Å². The van der Waals surface area contributed by atoms with Crippen LogP contribution in [0.15, 0.2) is 24.3 Å². The molecule has 0 spiro atoms. The van der Waals surface area contributed by atoms with Crippen molar-refractivity contribution in [2.45, 2.75) is 45.8 Å². The van der Waals surface area contributed by atoms with Gasteiger partial charge in [0.1, 0.15) is 5.82 Å². The van der Waals surface area contributed by atoms with Crippen molar-refractivity contribution in [2.75, 3.05) is 23.7 Å². The summed E-state index contributed by atoms with van der Waals surface area (Å²) >= 11 is 0. The van der Waals surface area contributed by atoms with E-state index < -0.39 is 11.7 Å². The van der Waals surface area contributed by atoms with Crippen LogP contribution in [0.5, 0.6) is 0 Å². The Morgan fingerprint density at radius 2 is 1.87 bits per heavy atom. The molecule has 1 aromatic heterocycles. The molecule has 1 fully saturated rings. The highest BCUT2D eigenvalue weighted by atomic mass is 19.4. The fraction of sp³-hybridized carbons (Fsp3) is 0.524. The molecule has 1 aliphatic heterocycles. The Morgan fingerprint density at radius 1 is 1.19 bits per heavy atom. The second kappa shape index (κ2) is 9.49. The summed E-state index contributed by atoms with van der Waals surface area (Å²) in [6.07, 6.45) is -2.65. The number of carbonyl (C=O) groups is 1. The van der Waals surface area contributed by atoms with Gasteiger partial charge >= 0.3 is 6.18 Å². The molecule has 3 N–H and O–H groups in total. The number of rotatable bonds is 6. The number of aromatic nitrogens is 3. The Kier molecular flexibility index (Phi) is 6.97. The fourth-order valence-corrected chi connectivity index (χ4v) is 3.64. The maximum Gasteiger partial charge on any atom is 0.416 e. The molecule has 3 rings (SSSR count). The number of hydrogen-bond acceptors (Lipinski definition) is 6. The van der Waals surface area contributed by atoms with Crippen LogP contribution in [0.1, 0.15) is 43.6 Å². The Bertz CT molecular complexity index is 910. The van der Waals surface area contributed by atoms with Crippen LogP contribution >= 0.6 is 0 Å². The van der Waals surface area contributed by atoms with Crippen molar-refractivity contribution in [1.29, 1.82) is 0 Å². The number of anilines is 2. The number of alkyl halides is 3. The maximum atomic E-state index is 13.1. The molecular weight excluding hydrogens is 409 g/mol. The number of carbonyl (C=O) groups excluding carboxylic acids is 1. The van der Waals surface area contributed by atoms with Crippen molar-refractivity contribution < 1.29 is 18.0 Å². The van der Waals surface area contributed by atoms with Gasteiger partial charge in [-0.2, -0.15) is 28.1 Å². The summed E-state index contributed by atoms with van der Waals surface area (Å²) in [7, 11) is 0. The Labute approximate surface area is 179 Å².